The second kappa shape index (κ2) is 48.0. The Hall–Kier alpha value is -3.67. The molecular weight excluding hydrogens is 863 g/mol. The van der Waals surface area contributed by atoms with Crippen molar-refractivity contribution in [3.63, 3.8) is 0 Å². The van der Waals surface area contributed by atoms with E-state index in [1.807, 2.05) is 6.08 Å². The molecule has 0 spiro atoms. The van der Waals surface area contributed by atoms with Gasteiger partial charge in [-0.2, -0.15) is 0 Å². The number of hydrogen-bond donors (Lipinski definition) is 6. The van der Waals surface area contributed by atoms with E-state index in [2.05, 4.69) is 141 Å². The summed E-state index contributed by atoms with van der Waals surface area (Å²) < 4.78 is 11.2. The summed E-state index contributed by atoms with van der Waals surface area (Å²) in [5, 5.41) is 54.2. The minimum absolute atomic E-state index is 0.208. The van der Waals surface area contributed by atoms with E-state index in [-0.39, 0.29) is 12.5 Å². The molecule has 0 bridgehead atoms. The molecule has 1 rings (SSSR count). The summed E-state index contributed by atoms with van der Waals surface area (Å²) in [5.41, 5.74) is 0. The Morgan fingerprint density at radius 1 is 0.507 bits per heavy atom. The van der Waals surface area contributed by atoms with Gasteiger partial charge in [0.05, 0.1) is 25.4 Å². The van der Waals surface area contributed by atoms with Gasteiger partial charge in [-0.3, -0.25) is 4.79 Å². The second-order valence-electron chi connectivity index (χ2n) is 17.9. The number of rotatable bonds is 43. The molecule has 1 saturated heterocycles. The first-order valence-electron chi connectivity index (χ1n) is 26.9. The van der Waals surface area contributed by atoms with E-state index in [9.17, 15) is 30.3 Å². The van der Waals surface area contributed by atoms with Gasteiger partial charge in [-0.05, 0) is 96.3 Å². The van der Waals surface area contributed by atoms with Crippen molar-refractivity contribution in [1.82, 2.24) is 5.32 Å². The normalized spacial score (nSPS) is 20.6. The van der Waals surface area contributed by atoms with Crippen LogP contribution in [0.1, 0.15) is 181 Å². The van der Waals surface area contributed by atoms with E-state index in [0.29, 0.717) is 6.42 Å². The van der Waals surface area contributed by atoms with Crippen molar-refractivity contribution in [3.05, 3.63) is 134 Å². The first-order chi connectivity index (χ1) is 33.8. The Labute approximate surface area is 420 Å². The first kappa shape index (κ1) is 63.3. The van der Waals surface area contributed by atoms with Crippen LogP contribution in [0.4, 0.5) is 0 Å². The number of nitrogens with one attached hydrogen (secondary N) is 1. The number of amides is 1. The molecule has 7 atom stereocenters. The topological polar surface area (TPSA) is 149 Å². The lowest BCUT2D eigenvalue weighted by Crippen LogP contribution is -2.60. The number of carbonyl (C=O) groups excluding carboxylic acids is 1. The highest BCUT2D eigenvalue weighted by Gasteiger charge is 2.44. The van der Waals surface area contributed by atoms with E-state index in [0.717, 1.165) is 116 Å². The number of aliphatic hydroxyl groups excluding tert-OH is 5. The quantitative estimate of drug-likeness (QED) is 0.0261. The number of hydrogen-bond acceptors (Lipinski definition) is 8. The molecule has 0 saturated carbocycles. The third kappa shape index (κ3) is 37.8. The lowest BCUT2D eigenvalue weighted by molar-refractivity contribution is -0.302. The van der Waals surface area contributed by atoms with Gasteiger partial charge in [0.15, 0.2) is 6.29 Å². The van der Waals surface area contributed by atoms with Crippen LogP contribution in [0.25, 0.3) is 0 Å². The van der Waals surface area contributed by atoms with Gasteiger partial charge in [-0.1, -0.05) is 212 Å². The zero-order valence-corrected chi connectivity index (χ0v) is 43.0. The van der Waals surface area contributed by atoms with Crippen molar-refractivity contribution in [2.45, 2.75) is 224 Å². The maximum absolute atomic E-state index is 13.0. The number of carbonyl (C=O) groups is 1. The van der Waals surface area contributed by atoms with E-state index >= 15 is 0 Å². The van der Waals surface area contributed by atoms with Gasteiger partial charge in [-0.15, -0.1) is 0 Å². The van der Waals surface area contributed by atoms with Crippen LogP contribution in [0.2, 0.25) is 0 Å². The summed E-state index contributed by atoms with van der Waals surface area (Å²) in [6.07, 6.45) is 66.5. The molecule has 0 aliphatic carbocycles. The standard InChI is InChI=1S/C60H97NO8/c1-3-5-7-9-11-13-15-16-17-18-19-20-21-22-23-24-25-26-27-28-29-30-31-32-33-34-35-36-37-38-40-42-44-46-48-50-56(64)61-53(52-68-60-59(67)58(66)57(65)55(51-62)69-60)54(63)49-47-45-43-41-39-14-12-10-8-6-4-2/h5,7,11,13,16-17,19-20,22-23,25-26,28-29,31-32,34-35,37-38,47,49,53-55,57-60,62-63,65-67H,3-4,6,8-10,12,14-15,18,21,24,27,30,33,36,39-46,48,50-52H2,1-2H3,(H,61,64)/b7-5-,13-11-,17-16-,20-19-,23-22-,26-25-,29-28-,32-31-,35-34-,38-37-,49-47+. The van der Waals surface area contributed by atoms with Gasteiger partial charge in [-0.25, -0.2) is 0 Å². The molecule has 9 nitrogen and oxygen atoms in total. The van der Waals surface area contributed by atoms with Crippen LogP contribution in [0.3, 0.4) is 0 Å². The summed E-state index contributed by atoms with van der Waals surface area (Å²) in [5.74, 6) is -0.210. The van der Waals surface area contributed by atoms with E-state index in [1.54, 1.807) is 6.08 Å². The molecule has 0 aromatic heterocycles. The smallest absolute Gasteiger partial charge is 0.220 e. The molecule has 1 aliphatic rings. The van der Waals surface area contributed by atoms with Gasteiger partial charge in [0.1, 0.15) is 24.4 Å². The molecule has 390 valence electrons. The molecule has 0 aromatic rings. The molecule has 1 heterocycles. The summed E-state index contributed by atoms with van der Waals surface area (Å²) >= 11 is 0. The fraction of sp³-hybridized carbons (Fsp3) is 0.617. The summed E-state index contributed by atoms with van der Waals surface area (Å²) in [7, 11) is 0. The van der Waals surface area contributed by atoms with Gasteiger partial charge < -0.3 is 40.3 Å². The van der Waals surface area contributed by atoms with Gasteiger partial charge in [0, 0.05) is 6.42 Å². The Balaban J connectivity index is 2.23. The molecule has 0 radical (unpaired) electrons. The van der Waals surface area contributed by atoms with Crippen LogP contribution < -0.4 is 5.32 Å². The van der Waals surface area contributed by atoms with Crippen molar-refractivity contribution in [2.24, 2.45) is 0 Å². The van der Waals surface area contributed by atoms with Crippen LogP contribution >= 0.6 is 0 Å². The van der Waals surface area contributed by atoms with Crippen LogP contribution in [0, 0.1) is 0 Å². The monoisotopic (exact) mass is 960 g/mol. The van der Waals surface area contributed by atoms with Gasteiger partial charge in [0.25, 0.3) is 0 Å². The lowest BCUT2D eigenvalue weighted by Gasteiger charge is -2.40. The number of aliphatic hydroxyl groups is 5. The maximum atomic E-state index is 13.0. The zero-order valence-electron chi connectivity index (χ0n) is 43.0. The van der Waals surface area contributed by atoms with Crippen molar-refractivity contribution in [2.75, 3.05) is 13.2 Å². The molecule has 9 heteroatoms. The summed E-state index contributed by atoms with van der Waals surface area (Å²) in [6.45, 7) is 3.60. The van der Waals surface area contributed by atoms with Crippen LogP contribution in [0.15, 0.2) is 134 Å². The molecule has 69 heavy (non-hydrogen) atoms. The van der Waals surface area contributed by atoms with E-state index in [1.165, 1.54) is 44.9 Å². The number of ether oxygens (including phenoxy) is 2. The minimum Gasteiger partial charge on any atom is -0.394 e. The highest BCUT2D eigenvalue weighted by Crippen LogP contribution is 2.22. The average Bonchev–Trinajstić information content (AvgIpc) is 3.35. The van der Waals surface area contributed by atoms with Crippen molar-refractivity contribution < 1.29 is 39.8 Å². The van der Waals surface area contributed by atoms with Gasteiger partial charge in [0.2, 0.25) is 5.91 Å². The maximum Gasteiger partial charge on any atom is 0.220 e. The predicted molar refractivity (Wildman–Crippen MR) is 290 cm³/mol. The largest absolute Gasteiger partial charge is 0.394 e. The molecule has 0 aromatic carbocycles. The van der Waals surface area contributed by atoms with Gasteiger partial charge >= 0.3 is 0 Å². The van der Waals surface area contributed by atoms with E-state index in [4.69, 9.17) is 9.47 Å². The third-order valence-corrected chi connectivity index (χ3v) is 11.7. The fourth-order valence-electron chi connectivity index (χ4n) is 7.48. The SMILES string of the molecule is CC/C=C\C/C=C\C/C=C\C/C=C\C/C=C\C/C=C\C/C=C\C/C=C\C/C=C\C/C=C\CCCCCCC(=O)NC(COC1OC(CO)C(O)C(O)C1O)C(O)/C=C/CCCCCCCCCCC. The van der Waals surface area contributed by atoms with Crippen LogP contribution in [-0.4, -0.2) is 87.5 Å². The Kier molecular flexibility index (Phi) is 44.0. The lowest BCUT2D eigenvalue weighted by atomic mass is 9.99. The Morgan fingerprint density at radius 2 is 0.899 bits per heavy atom. The highest BCUT2D eigenvalue weighted by atomic mass is 16.7. The second-order valence-corrected chi connectivity index (χ2v) is 17.9. The van der Waals surface area contributed by atoms with Crippen LogP contribution in [-0.2, 0) is 14.3 Å². The molecule has 1 fully saturated rings. The molecular formula is C60H97NO8. The Bertz CT molecular complexity index is 1530. The number of allylic oxidation sites excluding steroid dienone is 21. The number of unbranched alkanes of at least 4 members (excludes halogenated alkanes) is 13. The minimum atomic E-state index is -1.58. The van der Waals surface area contributed by atoms with E-state index < -0.39 is 49.5 Å². The van der Waals surface area contributed by atoms with Crippen molar-refractivity contribution in [3.8, 4) is 0 Å². The summed E-state index contributed by atoms with van der Waals surface area (Å²) in [6, 6.07) is -0.827. The summed E-state index contributed by atoms with van der Waals surface area (Å²) in [4.78, 5) is 13.0. The predicted octanol–water partition coefficient (Wildman–Crippen LogP) is 12.9. The van der Waals surface area contributed by atoms with Crippen LogP contribution in [0.5, 0.6) is 0 Å². The first-order valence-corrected chi connectivity index (χ1v) is 26.9. The average molecular weight is 960 g/mol. The third-order valence-electron chi connectivity index (χ3n) is 11.7. The molecule has 7 unspecified atom stereocenters. The molecule has 1 aliphatic heterocycles. The molecule has 6 N–H and O–H groups in total. The van der Waals surface area contributed by atoms with Crippen molar-refractivity contribution in [1.29, 1.82) is 0 Å². The van der Waals surface area contributed by atoms with Crippen molar-refractivity contribution >= 4 is 5.91 Å². The Morgan fingerprint density at radius 3 is 1.33 bits per heavy atom. The molecule has 1 amide bonds. The highest BCUT2D eigenvalue weighted by molar-refractivity contribution is 5.76. The fourth-order valence-corrected chi connectivity index (χ4v) is 7.48. The zero-order chi connectivity index (χ0) is 50.1.